The highest BCUT2D eigenvalue weighted by Gasteiger charge is 2.41. The molecule has 7 nitrogen and oxygen atoms in total. The van der Waals surface area contributed by atoms with Gasteiger partial charge in [0, 0.05) is 26.2 Å². The Balaban J connectivity index is 1.54. The molecule has 0 radical (unpaired) electrons. The zero-order valence-electron chi connectivity index (χ0n) is 19.0. The Bertz CT molecular complexity index is 527. The molecule has 2 amide bonds. The van der Waals surface area contributed by atoms with E-state index in [4.69, 9.17) is 14.2 Å². The highest BCUT2D eigenvalue weighted by atomic mass is 16.5. The molecule has 2 aliphatic heterocycles. The molecule has 2 saturated heterocycles. The van der Waals surface area contributed by atoms with E-state index in [1.165, 1.54) is 12.8 Å². The number of morpholine rings is 2. The first-order valence-corrected chi connectivity index (χ1v) is 12.6. The first-order chi connectivity index (χ1) is 15.2. The van der Waals surface area contributed by atoms with E-state index in [0.717, 1.165) is 51.4 Å². The lowest BCUT2D eigenvalue weighted by Gasteiger charge is -2.40. The lowest BCUT2D eigenvalue weighted by atomic mass is 9.82. The van der Waals surface area contributed by atoms with E-state index in [2.05, 4.69) is 0 Å². The highest BCUT2D eigenvalue weighted by Crippen LogP contribution is 2.34. The van der Waals surface area contributed by atoms with E-state index < -0.39 is 12.2 Å². The molecule has 2 saturated carbocycles. The van der Waals surface area contributed by atoms with Gasteiger partial charge in [-0.25, -0.2) is 0 Å². The Morgan fingerprint density at radius 2 is 0.968 bits per heavy atom. The van der Waals surface area contributed by atoms with Crippen molar-refractivity contribution in [3.63, 3.8) is 0 Å². The van der Waals surface area contributed by atoms with Crippen LogP contribution < -0.4 is 0 Å². The van der Waals surface area contributed by atoms with Gasteiger partial charge in [0.1, 0.15) is 12.2 Å². The van der Waals surface area contributed by atoms with Crippen LogP contribution >= 0.6 is 0 Å². The van der Waals surface area contributed by atoms with Crippen molar-refractivity contribution in [3.8, 4) is 0 Å². The Morgan fingerprint density at radius 3 is 1.32 bits per heavy atom. The van der Waals surface area contributed by atoms with E-state index in [-0.39, 0.29) is 23.7 Å². The maximum atomic E-state index is 13.6. The van der Waals surface area contributed by atoms with Crippen molar-refractivity contribution in [2.45, 2.75) is 76.4 Å². The number of rotatable bonds is 6. The highest BCUT2D eigenvalue weighted by molar-refractivity contribution is 5.84. The maximum absolute atomic E-state index is 13.6. The summed E-state index contributed by atoms with van der Waals surface area (Å²) in [6.45, 7) is 4.83. The third-order valence-corrected chi connectivity index (χ3v) is 7.58. The van der Waals surface area contributed by atoms with Crippen molar-refractivity contribution in [2.24, 2.45) is 11.8 Å². The Hall–Kier alpha value is -1.18. The lowest BCUT2D eigenvalue weighted by molar-refractivity contribution is -0.173. The molecule has 4 rings (SSSR count). The standard InChI is InChI=1S/C24H40N2O5/c27-23(25-11-15-29-16-12-25)21(19-7-3-1-4-8-19)31-22(20-9-5-2-6-10-20)24(28)26-13-17-30-18-14-26/h19-22H,1-18H2/t21-,22-/m0/s1. The molecule has 0 spiro atoms. The van der Waals surface area contributed by atoms with Gasteiger partial charge in [-0.3, -0.25) is 9.59 Å². The van der Waals surface area contributed by atoms with Gasteiger partial charge in [-0.05, 0) is 37.5 Å². The summed E-state index contributed by atoms with van der Waals surface area (Å²) in [5.74, 6) is 0.580. The fourth-order valence-corrected chi connectivity index (χ4v) is 5.70. The first-order valence-electron chi connectivity index (χ1n) is 12.6. The van der Waals surface area contributed by atoms with Crippen LogP contribution in [0.3, 0.4) is 0 Å². The molecule has 176 valence electrons. The molecule has 0 aromatic heterocycles. The van der Waals surface area contributed by atoms with Gasteiger partial charge in [-0.2, -0.15) is 0 Å². The molecule has 2 heterocycles. The summed E-state index contributed by atoms with van der Waals surface area (Å²) in [5, 5.41) is 0. The summed E-state index contributed by atoms with van der Waals surface area (Å²) in [4.78, 5) is 31.0. The van der Waals surface area contributed by atoms with Crippen LogP contribution in [0.4, 0.5) is 0 Å². The Morgan fingerprint density at radius 1 is 0.613 bits per heavy atom. The first kappa shape index (κ1) is 23.0. The second kappa shape index (κ2) is 11.6. The molecular formula is C24H40N2O5. The minimum atomic E-state index is -0.504. The van der Waals surface area contributed by atoms with Crippen LogP contribution in [0.5, 0.6) is 0 Å². The molecule has 0 N–H and O–H groups in total. The number of carbonyl (C=O) groups is 2. The van der Waals surface area contributed by atoms with Crippen molar-refractivity contribution < 1.29 is 23.8 Å². The molecule has 4 fully saturated rings. The summed E-state index contributed by atoms with van der Waals surface area (Å²) >= 11 is 0. The van der Waals surface area contributed by atoms with Crippen molar-refractivity contribution in [1.29, 1.82) is 0 Å². The van der Waals surface area contributed by atoms with Gasteiger partial charge >= 0.3 is 0 Å². The summed E-state index contributed by atoms with van der Waals surface area (Å²) < 4.78 is 17.6. The number of ether oxygens (including phenoxy) is 3. The monoisotopic (exact) mass is 436 g/mol. The van der Waals surface area contributed by atoms with Gasteiger partial charge in [0.25, 0.3) is 11.8 Å². The lowest BCUT2D eigenvalue weighted by Crippen LogP contribution is -2.54. The largest absolute Gasteiger partial charge is 0.378 e. The average Bonchev–Trinajstić information content (AvgIpc) is 2.86. The Labute approximate surface area is 186 Å². The smallest absolute Gasteiger partial charge is 0.252 e. The van der Waals surface area contributed by atoms with Crippen molar-refractivity contribution in [2.75, 3.05) is 52.6 Å². The summed E-state index contributed by atoms with van der Waals surface area (Å²) in [6, 6.07) is 0. The van der Waals surface area contributed by atoms with Gasteiger partial charge < -0.3 is 24.0 Å². The summed E-state index contributed by atoms with van der Waals surface area (Å²) in [6.07, 6.45) is 10.1. The van der Waals surface area contributed by atoms with E-state index in [9.17, 15) is 9.59 Å². The molecule has 0 aromatic carbocycles. The minimum absolute atomic E-state index is 0.0748. The van der Waals surface area contributed by atoms with Crippen LogP contribution in [0.2, 0.25) is 0 Å². The van der Waals surface area contributed by atoms with Gasteiger partial charge in [0.15, 0.2) is 0 Å². The van der Waals surface area contributed by atoms with Crippen LogP contribution in [0.15, 0.2) is 0 Å². The number of amides is 2. The predicted octanol–water partition coefficient (Wildman–Crippen LogP) is 2.62. The van der Waals surface area contributed by atoms with Crippen molar-refractivity contribution in [1.82, 2.24) is 9.80 Å². The van der Waals surface area contributed by atoms with Gasteiger partial charge in [0.05, 0.1) is 26.4 Å². The molecule has 0 unspecified atom stereocenters. The molecule has 31 heavy (non-hydrogen) atoms. The third kappa shape index (κ3) is 5.99. The van der Waals surface area contributed by atoms with Crippen LogP contribution in [-0.4, -0.2) is 86.4 Å². The summed E-state index contributed by atoms with van der Waals surface area (Å²) in [7, 11) is 0. The van der Waals surface area contributed by atoms with E-state index in [1.807, 2.05) is 9.80 Å². The zero-order chi connectivity index (χ0) is 21.5. The predicted molar refractivity (Wildman–Crippen MR) is 117 cm³/mol. The molecule has 2 atom stereocenters. The third-order valence-electron chi connectivity index (χ3n) is 7.58. The summed E-state index contributed by atoms with van der Waals surface area (Å²) in [5.41, 5.74) is 0. The maximum Gasteiger partial charge on any atom is 0.252 e. The molecule has 7 heteroatoms. The van der Waals surface area contributed by atoms with E-state index in [0.29, 0.717) is 52.6 Å². The second-order valence-corrected chi connectivity index (χ2v) is 9.65. The van der Waals surface area contributed by atoms with Crippen LogP contribution in [0.25, 0.3) is 0 Å². The van der Waals surface area contributed by atoms with Gasteiger partial charge in [-0.15, -0.1) is 0 Å². The van der Waals surface area contributed by atoms with Crippen LogP contribution in [-0.2, 0) is 23.8 Å². The quantitative estimate of drug-likeness (QED) is 0.640. The van der Waals surface area contributed by atoms with Crippen LogP contribution in [0.1, 0.15) is 64.2 Å². The zero-order valence-corrected chi connectivity index (χ0v) is 19.0. The molecular weight excluding hydrogens is 396 g/mol. The average molecular weight is 437 g/mol. The van der Waals surface area contributed by atoms with Crippen LogP contribution in [0, 0.1) is 11.8 Å². The second-order valence-electron chi connectivity index (χ2n) is 9.65. The fraction of sp³-hybridized carbons (Fsp3) is 0.917. The number of nitrogens with zero attached hydrogens (tertiary/aromatic N) is 2. The number of hydrogen-bond acceptors (Lipinski definition) is 5. The number of carbonyl (C=O) groups excluding carboxylic acids is 2. The Kier molecular flexibility index (Phi) is 8.62. The SMILES string of the molecule is O=C([C@@H](O[C@H](C(=O)N1CCOCC1)C1CCCCC1)C1CCCCC1)N1CCOCC1. The van der Waals surface area contributed by atoms with Crippen molar-refractivity contribution in [3.05, 3.63) is 0 Å². The normalized spacial score (nSPS) is 26.5. The molecule has 0 aromatic rings. The molecule has 4 aliphatic rings. The van der Waals surface area contributed by atoms with E-state index in [1.54, 1.807) is 0 Å². The van der Waals surface area contributed by atoms with E-state index >= 15 is 0 Å². The molecule has 2 aliphatic carbocycles. The van der Waals surface area contributed by atoms with Gasteiger partial charge in [0.2, 0.25) is 0 Å². The van der Waals surface area contributed by atoms with Gasteiger partial charge in [-0.1, -0.05) is 38.5 Å². The fourth-order valence-electron chi connectivity index (χ4n) is 5.70. The minimum Gasteiger partial charge on any atom is -0.378 e. The number of hydrogen-bond donors (Lipinski definition) is 0. The topological polar surface area (TPSA) is 68.3 Å². The molecule has 0 bridgehead atoms. The van der Waals surface area contributed by atoms with Crippen molar-refractivity contribution >= 4 is 11.8 Å².